The maximum absolute atomic E-state index is 11.8. The Kier molecular flexibility index (Phi) is 8.67. The summed E-state index contributed by atoms with van der Waals surface area (Å²) in [4.78, 5) is 22.6. The monoisotopic (exact) mass is 308 g/mol. The summed E-state index contributed by atoms with van der Waals surface area (Å²) >= 11 is 0. The Morgan fingerprint density at radius 3 is 2.64 bits per heavy atom. The molecule has 3 N–H and O–H groups in total. The van der Waals surface area contributed by atoms with Gasteiger partial charge < -0.3 is 20.5 Å². The van der Waals surface area contributed by atoms with Gasteiger partial charge in [-0.05, 0) is 25.3 Å². The van der Waals surface area contributed by atoms with E-state index in [1.54, 1.807) is 0 Å². The van der Waals surface area contributed by atoms with Gasteiger partial charge in [-0.1, -0.05) is 30.3 Å². The van der Waals surface area contributed by atoms with Crippen LogP contribution < -0.4 is 10.6 Å². The lowest BCUT2D eigenvalue weighted by atomic mass is 10.0. The molecule has 1 aromatic carbocycles. The molecule has 0 aliphatic carbocycles. The third-order valence-electron chi connectivity index (χ3n) is 3.10. The minimum Gasteiger partial charge on any atom is -0.481 e. The van der Waals surface area contributed by atoms with Gasteiger partial charge in [0.1, 0.15) is 0 Å². The van der Waals surface area contributed by atoms with Crippen LogP contribution in [0, 0.1) is 0 Å². The Balaban J connectivity index is 2.46. The Morgan fingerprint density at radius 2 is 2.00 bits per heavy atom. The van der Waals surface area contributed by atoms with E-state index in [9.17, 15) is 9.59 Å². The molecule has 1 rings (SSSR count). The summed E-state index contributed by atoms with van der Waals surface area (Å²) in [5.74, 6) is -0.864. The number of carboxylic acids is 1. The molecular formula is C16H24N2O4. The zero-order chi connectivity index (χ0) is 16.2. The molecule has 0 saturated heterocycles. The highest BCUT2D eigenvalue weighted by Gasteiger charge is 2.14. The van der Waals surface area contributed by atoms with Crippen molar-refractivity contribution in [1.29, 1.82) is 0 Å². The molecule has 0 aromatic heterocycles. The number of carbonyl (C=O) groups is 2. The molecular weight excluding hydrogens is 284 g/mol. The first-order valence-electron chi connectivity index (χ1n) is 7.49. The van der Waals surface area contributed by atoms with E-state index >= 15 is 0 Å². The SMILES string of the molecule is CCOCCNC(=O)NC(CCC(=O)O)Cc1ccccc1. The van der Waals surface area contributed by atoms with Crippen LogP contribution >= 0.6 is 0 Å². The van der Waals surface area contributed by atoms with Crippen LogP contribution in [0.15, 0.2) is 30.3 Å². The van der Waals surface area contributed by atoms with E-state index in [0.29, 0.717) is 32.6 Å². The van der Waals surface area contributed by atoms with Crippen LogP contribution in [0.3, 0.4) is 0 Å². The number of ether oxygens (including phenoxy) is 1. The van der Waals surface area contributed by atoms with E-state index < -0.39 is 5.97 Å². The second-order valence-corrected chi connectivity index (χ2v) is 4.92. The lowest BCUT2D eigenvalue weighted by Crippen LogP contribution is -2.44. The molecule has 6 heteroatoms. The van der Waals surface area contributed by atoms with Gasteiger partial charge in [0, 0.05) is 25.6 Å². The normalized spacial score (nSPS) is 11.7. The number of nitrogens with one attached hydrogen (secondary N) is 2. The van der Waals surface area contributed by atoms with Gasteiger partial charge in [-0.2, -0.15) is 0 Å². The number of rotatable bonds is 10. The predicted molar refractivity (Wildman–Crippen MR) is 83.8 cm³/mol. The Hall–Kier alpha value is -2.08. The first-order valence-corrected chi connectivity index (χ1v) is 7.49. The fourth-order valence-electron chi connectivity index (χ4n) is 2.04. The molecule has 0 radical (unpaired) electrons. The summed E-state index contributed by atoms with van der Waals surface area (Å²) in [6.45, 7) is 3.39. The first-order chi connectivity index (χ1) is 10.6. The third kappa shape index (κ3) is 8.26. The summed E-state index contributed by atoms with van der Waals surface area (Å²) in [5, 5.41) is 14.3. The zero-order valence-electron chi connectivity index (χ0n) is 12.9. The molecule has 0 spiro atoms. The topological polar surface area (TPSA) is 87.7 Å². The number of hydrogen-bond acceptors (Lipinski definition) is 3. The van der Waals surface area contributed by atoms with Gasteiger partial charge in [-0.3, -0.25) is 4.79 Å². The Labute approximate surface area is 130 Å². The van der Waals surface area contributed by atoms with Crippen molar-refractivity contribution in [3.8, 4) is 0 Å². The number of amides is 2. The second kappa shape index (κ2) is 10.6. The summed E-state index contributed by atoms with van der Waals surface area (Å²) < 4.78 is 5.14. The number of urea groups is 1. The van der Waals surface area contributed by atoms with Crippen molar-refractivity contribution in [2.24, 2.45) is 0 Å². The van der Waals surface area contributed by atoms with Crippen molar-refractivity contribution in [2.75, 3.05) is 19.8 Å². The Morgan fingerprint density at radius 1 is 1.27 bits per heavy atom. The summed E-state index contributed by atoms with van der Waals surface area (Å²) in [6.07, 6.45) is 1.02. The second-order valence-electron chi connectivity index (χ2n) is 4.92. The smallest absolute Gasteiger partial charge is 0.315 e. The molecule has 1 atom stereocenters. The van der Waals surface area contributed by atoms with Gasteiger partial charge >= 0.3 is 12.0 Å². The molecule has 0 fully saturated rings. The molecule has 1 aromatic rings. The van der Waals surface area contributed by atoms with E-state index in [4.69, 9.17) is 9.84 Å². The van der Waals surface area contributed by atoms with Crippen molar-refractivity contribution in [2.45, 2.75) is 32.2 Å². The summed E-state index contributed by atoms with van der Waals surface area (Å²) in [6, 6.07) is 9.17. The van der Waals surface area contributed by atoms with Gasteiger partial charge in [0.05, 0.1) is 6.61 Å². The number of hydrogen-bond donors (Lipinski definition) is 3. The average Bonchev–Trinajstić information content (AvgIpc) is 2.50. The van der Waals surface area contributed by atoms with Crippen LogP contribution in [-0.2, 0) is 16.0 Å². The lowest BCUT2D eigenvalue weighted by molar-refractivity contribution is -0.137. The molecule has 0 heterocycles. The van der Waals surface area contributed by atoms with Crippen LogP contribution in [0.25, 0.3) is 0 Å². The third-order valence-corrected chi connectivity index (χ3v) is 3.10. The van der Waals surface area contributed by atoms with E-state index in [2.05, 4.69) is 10.6 Å². The zero-order valence-corrected chi connectivity index (χ0v) is 12.9. The van der Waals surface area contributed by atoms with Crippen molar-refractivity contribution < 1.29 is 19.4 Å². The molecule has 22 heavy (non-hydrogen) atoms. The first kappa shape index (κ1) is 18.0. The molecule has 1 unspecified atom stereocenters. The molecule has 0 aliphatic rings. The number of aliphatic carboxylic acids is 1. The van der Waals surface area contributed by atoms with Crippen LogP contribution in [0.4, 0.5) is 4.79 Å². The highest BCUT2D eigenvalue weighted by Crippen LogP contribution is 2.07. The molecule has 0 bridgehead atoms. The van der Waals surface area contributed by atoms with Gasteiger partial charge in [-0.15, -0.1) is 0 Å². The number of benzene rings is 1. The van der Waals surface area contributed by atoms with E-state index in [1.165, 1.54) is 0 Å². The molecule has 6 nitrogen and oxygen atoms in total. The molecule has 2 amide bonds. The lowest BCUT2D eigenvalue weighted by Gasteiger charge is -2.18. The van der Waals surface area contributed by atoms with Gasteiger partial charge in [0.15, 0.2) is 0 Å². The quantitative estimate of drug-likeness (QED) is 0.575. The molecule has 0 saturated carbocycles. The largest absolute Gasteiger partial charge is 0.481 e. The van der Waals surface area contributed by atoms with Crippen LogP contribution in [0.2, 0.25) is 0 Å². The van der Waals surface area contributed by atoms with Gasteiger partial charge in [0.2, 0.25) is 0 Å². The van der Waals surface area contributed by atoms with Crippen LogP contribution in [0.5, 0.6) is 0 Å². The van der Waals surface area contributed by atoms with Crippen LogP contribution in [0.1, 0.15) is 25.3 Å². The minimum absolute atomic E-state index is 0.0245. The van der Waals surface area contributed by atoms with Crippen molar-refractivity contribution in [3.63, 3.8) is 0 Å². The average molecular weight is 308 g/mol. The molecule has 0 aliphatic heterocycles. The maximum Gasteiger partial charge on any atom is 0.315 e. The van der Waals surface area contributed by atoms with Crippen molar-refractivity contribution in [3.05, 3.63) is 35.9 Å². The number of carboxylic acid groups (broad SMARTS) is 1. The minimum atomic E-state index is -0.864. The number of carbonyl (C=O) groups excluding carboxylic acids is 1. The Bertz CT molecular complexity index is 451. The highest BCUT2D eigenvalue weighted by molar-refractivity contribution is 5.74. The molecule has 122 valence electrons. The van der Waals surface area contributed by atoms with Crippen LogP contribution in [-0.4, -0.2) is 42.9 Å². The predicted octanol–water partition coefficient (Wildman–Crippen LogP) is 1.80. The van der Waals surface area contributed by atoms with E-state index in [-0.39, 0.29) is 18.5 Å². The summed E-state index contributed by atoms with van der Waals surface area (Å²) in [5.41, 5.74) is 1.06. The van der Waals surface area contributed by atoms with E-state index in [1.807, 2.05) is 37.3 Å². The fourth-order valence-corrected chi connectivity index (χ4v) is 2.04. The van der Waals surface area contributed by atoms with Gasteiger partial charge in [0.25, 0.3) is 0 Å². The fraction of sp³-hybridized carbons (Fsp3) is 0.500. The summed E-state index contributed by atoms with van der Waals surface area (Å²) in [7, 11) is 0. The standard InChI is InChI=1S/C16H24N2O4/c1-2-22-11-10-17-16(21)18-14(8-9-15(19)20)12-13-6-4-3-5-7-13/h3-7,14H,2,8-12H2,1H3,(H,19,20)(H2,17,18,21). The van der Waals surface area contributed by atoms with Gasteiger partial charge in [-0.25, -0.2) is 4.79 Å². The van der Waals surface area contributed by atoms with Crippen molar-refractivity contribution >= 4 is 12.0 Å². The van der Waals surface area contributed by atoms with Crippen molar-refractivity contribution in [1.82, 2.24) is 10.6 Å². The maximum atomic E-state index is 11.8. The highest BCUT2D eigenvalue weighted by atomic mass is 16.5. The van der Waals surface area contributed by atoms with E-state index in [0.717, 1.165) is 5.56 Å².